The minimum Gasteiger partial charge on any atom is -0.384 e. The predicted molar refractivity (Wildman–Crippen MR) is 67.9 cm³/mol. The molecule has 94 valence electrons. The van der Waals surface area contributed by atoms with Crippen molar-refractivity contribution in [3.8, 4) is 0 Å². The van der Waals surface area contributed by atoms with Crippen LogP contribution >= 0.6 is 0 Å². The Labute approximate surface area is 105 Å². The number of hydrogen-bond acceptors (Lipinski definition) is 4. The molecule has 0 aliphatic carbocycles. The molecule has 0 aliphatic rings. The van der Waals surface area contributed by atoms with Crippen LogP contribution in [0.25, 0.3) is 0 Å². The van der Waals surface area contributed by atoms with Gasteiger partial charge in [0.2, 0.25) is 0 Å². The van der Waals surface area contributed by atoms with Crippen molar-refractivity contribution in [2.24, 2.45) is 0 Å². The van der Waals surface area contributed by atoms with E-state index in [-0.39, 0.29) is 5.91 Å². The van der Waals surface area contributed by atoms with Gasteiger partial charge in [0.1, 0.15) is 5.82 Å². The molecule has 2 rings (SSSR count). The van der Waals surface area contributed by atoms with E-state index in [0.717, 1.165) is 5.56 Å². The van der Waals surface area contributed by atoms with Crippen LogP contribution in [0.3, 0.4) is 0 Å². The first kappa shape index (κ1) is 12.1. The zero-order valence-corrected chi connectivity index (χ0v) is 10.1. The summed E-state index contributed by atoms with van der Waals surface area (Å²) < 4.78 is 1.79. The summed E-state index contributed by atoms with van der Waals surface area (Å²) in [6.45, 7) is 3.13. The number of nitrogen functional groups attached to an aromatic ring is 1. The lowest BCUT2D eigenvalue weighted by Crippen LogP contribution is -2.27. The van der Waals surface area contributed by atoms with E-state index < -0.39 is 0 Å². The molecule has 0 saturated carbocycles. The van der Waals surface area contributed by atoms with E-state index in [0.29, 0.717) is 24.5 Å². The number of hydrogen-bond donors (Lipinski definition) is 2. The number of aryl methyl sites for hydroxylation is 1. The highest BCUT2D eigenvalue weighted by Gasteiger charge is 2.05. The third-order valence-corrected chi connectivity index (χ3v) is 2.43. The Morgan fingerprint density at radius 3 is 3.06 bits per heavy atom. The normalized spacial score (nSPS) is 10.3. The number of nitrogens with two attached hydrogens (primary N) is 1. The third-order valence-electron chi connectivity index (χ3n) is 2.43. The van der Waals surface area contributed by atoms with Gasteiger partial charge in [-0.2, -0.15) is 5.10 Å². The van der Waals surface area contributed by atoms with Gasteiger partial charge in [-0.15, -0.1) is 0 Å². The van der Waals surface area contributed by atoms with Crippen LogP contribution < -0.4 is 11.1 Å². The standard InChI is InChI=1S/C12H15N5O/c1-9-7-16-17(8-9)5-4-15-12(18)10-2-3-14-11(13)6-10/h2-3,6-8H,4-5H2,1H3,(H2,13,14)(H,15,18). The highest BCUT2D eigenvalue weighted by Crippen LogP contribution is 2.02. The van der Waals surface area contributed by atoms with Gasteiger partial charge in [-0.05, 0) is 24.6 Å². The smallest absolute Gasteiger partial charge is 0.251 e. The van der Waals surface area contributed by atoms with Crippen molar-refractivity contribution in [1.29, 1.82) is 0 Å². The van der Waals surface area contributed by atoms with E-state index >= 15 is 0 Å². The second kappa shape index (κ2) is 5.31. The molecule has 0 atom stereocenters. The van der Waals surface area contributed by atoms with E-state index in [4.69, 9.17) is 5.73 Å². The van der Waals surface area contributed by atoms with Crippen LogP contribution in [-0.2, 0) is 6.54 Å². The molecular formula is C12H15N5O. The lowest BCUT2D eigenvalue weighted by atomic mass is 10.2. The minimum absolute atomic E-state index is 0.159. The summed E-state index contributed by atoms with van der Waals surface area (Å²) in [7, 11) is 0. The van der Waals surface area contributed by atoms with Gasteiger partial charge in [0.15, 0.2) is 0 Å². The number of pyridine rings is 1. The first-order valence-electron chi connectivity index (χ1n) is 5.64. The fourth-order valence-electron chi connectivity index (χ4n) is 1.56. The number of nitrogens with one attached hydrogen (secondary N) is 1. The second-order valence-electron chi connectivity index (χ2n) is 4.01. The summed E-state index contributed by atoms with van der Waals surface area (Å²) in [5, 5.41) is 6.94. The maximum absolute atomic E-state index is 11.8. The molecule has 0 radical (unpaired) electrons. The lowest BCUT2D eigenvalue weighted by Gasteiger charge is -2.05. The number of carbonyl (C=O) groups excluding carboxylic acids is 1. The number of nitrogens with zero attached hydrogens (tertiary/aromatic N) is 3. The minimum atomic E-state index is -0.159. The van der Waals surface area contributed by atoms with E-state index in [9.17, 15) is 4.79 Å². The average Bonchev–Trinajstić information content (AvgIpc) is 2.75. The zero-order valence-electron chi connectivity index (χ0n) is 10.1. The number of amides is 1. The van der Waals surface area contributed by atoms with Gasteiger partial charge in [-0.1, -0.05) is 0 Å². The number of carbonyl (C=O) groups is 1. The Morgan fingerprint density at radius 1 is 1.56 bits per heavy atom. The molecular weight excluding hydrogens is 230 g/mol. The third kappa shape index (κ3) is 3.07. The highest BCUT2D eigenvalue weighted by molar-refractivity contribution is 5.94. The monoisotopic (exact) mass is 245 g/mol. The SMILES string of the molecule is Cc1cnn(CCNC(=O)c2ccnc(N)c2)c1. The molecule has 3 N–H and O–H groups in total. The molecule has 2 aromatic heterocycles. The molecule has 6 nitrogen and oxygen atoms in total. The Hall–Kier alpha value is -2.37. The van der Waals surface area contributed by atoms with Crippen LogP contribution in [0.15, 0.2) is 30.7 Å². The fourth-order valence-corrected chi connectivity index (χ4v) is 1.56. The molecule has 2 aromatic rings. The van der Waals surface area contributed by atoms with E-state index in [1.165, 1.54) is 6.20 Å². The Morgan fingerprint density at radius 2 is 2.39 bits per heavy atom. The predicted octanol–water partition coefficient (Wildman–Crippen LogP) is 0.599. The van der Waals surface area contributed by atoms with Gasteiger partial charge in [0.05, 0.1) is 12.7 Å². The van der Waals surface area contributed by atoms with Crippen LogP contribution in [0.4, 0.5) is 5.82 Å². The Balaban J connectivity index is 1.85. The molecule has 0 fully saturated rings. The van der Waals surface area contributed by atoms with Crippen molar-refractivity contribution in [1.82, 2.24) is 20.1 Å². The van der Waals surface area contributed by atoms with Crippen LogP contribution in [0, 0.1) is 6.92 Å². The van der Waals surface area contributed by atoms with Gasteiger partial charge >= 0.3 is 0 Å². The quantitative estimate of drug-likeness (QED) is 0.825. The average molecular weight is 245 g/mol. The topological polar surface area (TPSA) is 85.8 Å². The highest BCUT2D eigenvalue weighted by atomic mass is 16.1. The molecule has 2 heterocycles. The molecule has 6 heteroatoms. The van der Waals surface area contributed by atoms with Crippen molar-refractivity contribution in [2.45, 2.75) is 13.5 Å². The molecule has 0 unspecified atom stereocenters. The summed E-state index contributed by atoms with van der Waals surface area (Å²) >= 11 is 0. The maximum atomic E-state index is 11.8. The van der Waals surface area contributed by atoms with Crippen LogP contribution in [0.1, 0.15) is 15.9 Å². The first-order chi connectivity index (χ1) is 8.65. The molecule has 0 bridgehead atoms. The van der Waals surface area contributed by atoms with Crippen molar-refractivity contribution >= 4 is 11.7 Å². The van der Waals surface area contributed by atoms with Crippen molar-refractivity contribution in [2.75, 3.05) is 12.3 Å². The largest absolute Gasteiger partial charge is 0.384 e. The number of rotatable bonds is 4. The zero-order chi connectivity index (χ0) is 13.0. The Kier molecular flexibility index (Phi) is 3.57. The van der Waals surface area contributed by atoms with E-state index in [1.807, 2.05) is 13.1 Å². The molecule has 0 spiro atoms. The molecule has 1 amide bonds. The van der Waals surface area contributed by atoms with Gasteiger partial charge in [0.25, 0.3) is 5.91 Å². The molecule has 0 saturated heterocycles. The lowest BCUT2D eigenvalue weighted by molar-refractivity contribution is 0.0952. The van der Waals surface area contributed by atoms with Gasteiger partial charge in [-0.3, -0.25) is 9.48 Å². The van der Waals surface area contributed by atoms with Gasteiger partial charge in [-0.25, -0.2) is 4.98 Å². The first-order valence-corrected chi connectivity index (χ1v) is 5.64. The Bertz CT molecular complexity index is 549. The summed E-state index contributed by atoms with van der Waals surface area (Å²) in [6.07, 6.45) is 5.23. The molecule has 0 aromatic carbocycles. The summed E-state index contributed by atoms with van der Waals surface area (Å²) in [5.41, 5.74) is 7.13. The summed E-state index contributed by atoms with van der Waals surface area (Å²) in [5.74, 6) is 0.179. The van der Waals surface area contributed by atoms with Crippen molar-refractivity contribution in [3.63, 3.8) is 0 Å². The van der Waals surface area contributed by atoms with Crippen LogP contribution in [-0.4, -0.2) is 27.2 Å². The summed E-state index contributed by atoms with van der Waals surface area (Å²) in [4.78, 5) is 15.6. The molecule has 0 aliphatic heterocycles. The second-order valence-corrected chi connectivity index (χ2v) is 4.01. The van der Waals surface area contributed by atoms with Crippen LogP contribution in [0.2, 0.25) is 0 Å². The number of aromatic nitrogens is 3. The fraction of sp³-hybridized carbons (Fsp3) is 0.250. The van der Waals surface area contributed by atoms with E-state index in [2.05, 4.69) is 15.4 Å². The summed E-state index contributed by atoms with van der Waals surface area (Å²) in [6, 6.07) is 3.18. The van der Waals surface area contributed by atoms with Crippen molar-refractivity contribution < 1.29 is 4.79 Å². The maximum Gasteiger partial charge on any atom is 0.251 e. The van der Waals surface area contributed by atoms with Gasteiger partial charge in [0, 0.05) is 24.5 Å². The molecule has 18 heavy (non-hydrogen) atoms. The number of anilines is 1. The van der Waals surface area contributed by atoms with Crippen molar-refractivity contribution in [3.05, 3.63) is 41.9 Å². The van der Waals surface area contributed by atoms with Crippen LogP contribution in [0.5, 0.6) is 0 Å². The van der Waals surface area contributed by atoms with Gasteiger partial charge < -0.3 is 11.1 Å². The van der Waals surface area contributed by atoms with E-state index in [1.54, 1.807) is 23.0 Å².